The van der Waals surface area contributed by atoms with E-state index < -0.39 is 0 Å². The lowest BCUT2D eigenvalue weighted by atomic mass is 9.86. The Kier molecular flexibility index (Phi) is 4.80. The van der Waals surface area contributed by atoms with Crippen molar-refractivity contribution in [1.29, 1.82) is 0 Å². The zero-order chi connectivity index (χ0) is 15.5. The average Bonchev–Trinajstić information content (AvgIpc) is 2.92. The lowest BCUT2D eigenvalue weighted by molar-refractivity contribution is 0.0614. The summed E-state index contributed by atoms with van der Waals surface area (Å²) in [6.45, 7) is 7.47. The van der Waals surface area contributed by atoms with Crippen LogP contribution in [0.25, 0.3) is 5.69 Å². The molecule has 1 atom stereocenters. The van der Waals surface area contributed by atoms with Gasteiger partial charge in [-0.3, -0.25) is 4.90 Å². The topological polar surface area (TPSA) is 41.3 Å². The van der Waals surface area contributed by atoms with E-state index in [1.807, 2.05) is 16.9 Å². The van der Waals surface area contributed by atoms with E-state index in [9.17, 15) is 5.11 Å². The number of hydrogen-bond donors (Lipinski definition) is 1. The Morgan fingerprint density at radius 1 is 1.24 bits per heavy atom. The van der Waals surface area contributed by atoms with Gasteiger partial charge in [0.1, 0.15) is 0 Å². The quantitative estimate of drug-likeness (QED) is 0.919. The van der Waals surface area contributed by atoms with Gasteiger partial charge in [-0.1, -0.05) is 32.9 Å². The summed E-state index contributed by atoms with van der Waals surface area (Å²) in [5.41, 5.74) is 2.34. The zero-order valence-electron chi connectivity index (χ0n) is 13.3. The van der Waals surface area contributed by atoms with Crippen LogP contribution in [0.2, 0.25) is 0 Å². The molecule has 0 aliphatic carbocycles. The monoisotopic (exact) mass is 287 g/mol. The van der Waals surface area contributed by atoms with Crippen molar-refractivity contribution in [3.05, 3.63) is 48.3 Å². The summed E-state index contributed by atoms with van der Waals surface area (Å²) in [5.74, 6) is 0. The number of aliphatic hydroxyl groups is 1. The molecule has 1 N–H and O–H groups in total. The molecule has 0 radical (unpaired) electrons. The lowest BCUT2D eigenvalue weighted by Gasteiger charge is -2.36. The number of likely N-dealkylation sites (N-methyl/N-ethyl adjacent to an activating group) is 1. The first-order chi connectivity index (χ1) is 9.91. The molecule has 0 aliphatic heterocycles. The molecule has 0 saturated heterocycles. The molecule has 1 aromatic heterocycles. The van der Waals surface area contributed by atoms with Crippen molar-refractivity contribution in [2.45, 2.75) is 33.4 Å². The van der Waals surface area contributed by atoms with Gasteiger partial charge in [0.15, 0.2) is 0 Å². The van der Waals surface area contributed by atoms with E-state index in [-0.39, 0.29) is 18.1 Å². The predicted octanol–water partition coefficient (Wildman–Crippen LogP) is 2.71. The van der Waals surface area contributed by atoms with Crippen LogP contribution in [0.3, 0.4) is 0 Å². The van der Waals surface area contributed by atoms with E-state index in [4.69, 9.17) is 0 Å². The summed E-state index contributed by atoms with van der Waals surface area (Å²) >= 11 is 0. The first-order valence-electron chi connectivity index (χ1n) is 7.32. The van der Waals surface area contributed by atoms with Gasteiger partial charge in [-0.15, -0.1) is 0 Å². The molecule has 1 heterocycles. The van der Waals surface area contributed by atoms with Crippen LogP contribution in [0.5, 0.6) is 0 Å². The van der Waals surface area contributed by atoms with Gasteiger partial charge in [-0.05, 0) is 36.2 Å². The van der Waals surface area contributed by atoms with Crippen molar-refractivity contribution >= 4 is 0 Å². The standard InChI is InChI=1S/C17H25N3O/c1-17(2,3)16(13-21)19(4)12-14-6-8-15(9-7-14)20-11-5-10-18-20/h5-11,16,21H,12-13H2,1-4H3. The summed E-state index contributed by atoms with van der Waals surface area (Å²) in [6, 6.07) is 10.4. The summed E-state index contributed by atoms with van der Waals surface area (Å²) in [6.07, 6.45) is 3.71. The van der Waals surface area contributed by atoms with Crippen LogP contribution in [0.4, 0.5) is 0 Å². The molecule has 0 aliphatic rings. The van der Waals surface area contributed by atoms with Crippen LogP contribution in [0.1, 0.15) is 26.3 Å². The van der Waals surface area contributed by atoms with Crippen molar-refractivity contribution in [3.8, 4) is 5.69 Å². The Bertz CT molecular complexity index is 540. The first kappa shape index (κ1) is 15.7. The lowest BCUT2D eigenvalue weighted by Crippen LogP contribution is -2.43. The predicted molar refractivity (Wildman–Crippen MR) is 85.4 cm³/mol. The highest BCUT2D eigenvalue weighted by Gasteiger charge is 2.27. The van der Waals surface area contributed by atoms with Gasteiger partial charge in [0.2, 0.25) is 0 Å². The summed E-state index contributed by atoms with van der Waals surface area (Å²) in [5, 5.41) is 13.9. The molecule has 0 saturated carbocycles. The van der Waals surface area contributed by atoms with Gasteiger partial charge in [-0.2, -0.15) is 5.10 Å². The Hall–Kier alpha value is -1.65. The SMILES string of the molecule is CN(Cc1ccc(-n2cccn2)cc1)C(CO)C(C)(C)C. The van der Waals surface area contributed by atoms with Gasteiger partial charge in [0.25, 0.3) is 0 Å². The fourth-order valence-corrected chi connectivity index (χ4v) is 2.65. The largest absolute Gasteiger partial charge is 0.395 e. The first-order valence-corrected chi connectivity index (χ1v) is 7.32. The number of hydrogen-bond acceptors (Lipinski definition) is 3. The van der Waals surface area contributed by atoms with E-state index in [1.165, 1.54) is 5.56 Å². The van der Waals surface area contributed by atoms with E-state index in [2.05, 4.69) is 62.1 Å². The van der Waals surface area contributed by atoms with Gasteiger partial charge in [0, 0.05) is 25.0 Å². The maximum atomic E-state index is 9.63. The molecule has 1 aromatic carbocycles. The smallest absolute Gasteiger partial charge is 0.0645 e. The highest BCUT2D eigenvalue weighted by atomic mass is 16.3. The van der Waals surface area contributed by atoms with Gasteiger partial charge >= 0.3 is 0 Å². The van der Waals surface area contributed by atoms with Gasteiger partial charge in [0.05, 0.1) is 12.3 Å². The number of nitrogens with zero attached hydrogens (tertiary/aromatic N) is 3. The highest BCUT2D eigenvalue weighted by molar-refractivity contribution is 5.33. The third-order valence-electron chi connectivity index (χ3n) is 3.84. The molecule has 4 nitrogen and oxygen atoms in total. The molecule has 0 fully saturated rings. The van der Waals surface area contributed by atoms with Crippen LogP contribution in [-0.4, -0.2) is 39.5 Å². The Morgan fingerprint density at radius 3 is 2.38 bits per heavy atom. The molecular weight excluding hydrogens is 262 g/mol. The maximum Gasteiger partial charge on any atom is 0.0645 e. The van der Waals surface area contributed by atoms with Crippen LogP contribution in [0.15, 0.2) is 42.7 Å². The third kappa shape index (κ3) is 3.93. The van der Waals surface area contributed by atoms with Crippen molar-refractivity contribution in [2.75, 3.05) is 13.7 Å². The minimum atomic E-state index is 0.0541. The molecule has 2 aromatic rings. The second-order valence-corrected chi connectivity index (χ2v) is 6.60. The van der Waals surface area contributed by atoms with Crippen LogP contribution < -0.4 is 0 Å². The molecule has 0 amide bonds. The number of benzene rings is 1. The van der Waals surface area contributed by atoms with E-state index in [1.54, 1.807) is 6.20 Å². The average molecular weight is 287 g/mol. The minimum Gasteiger partial charge on any atom is -0.395 e. The number of aliphatic hydroxyl groups excluding tert-OH is 1. The van der Waals surface area contributed by atoms with Crippen molar-refractivity contribution in [2.24, 2.45) is 5.41 Å². The van der Waals surface area contributed by atoms with Crippen LogP contribution in [0, 0.1) is 5.41 Å². The second-order valence-electron chi connectivity index (χ2n) is 6.60. The van der Waals surface area contributed by atoms with Crippen molar-refractivity contribution < 1.29 is 5.11 Å². The van der Waals surface area contributed by atoms with E-state index >= 15 is 0 Å². The fraction of sp³-hybridized carbons (Fsp3) is 0.471. The highest BCUT2D eigenvalue weighted by Crippen LogP contribution is 2.24. The Labute approximate surface area is 127 Å². The van der Waals surface area contributed by atoms with Gasteiger partial charge in [-0.25, -0.2) is 4.68 Å². The van der Waals surface area contributed by atoms with E-state index in [0.717, 1.165) is 12.2 Å². The summed E-state index contributed by atoms with van der Waals surface area (Å²) in [7, 11) is 2.06. The van der Waals surface area contributed by atoms with Crippen molar-refractivity contribution in [3.63, 3.8) is 0 Å². The fourth-order valence-electron chi connectivity index (χ4n) is 2.65. The molecule has 2 rings (SSSR count). The van der Waals surface area contributed by atoms with Gasteiger partial charge < -0.3 is 5.11 Å². The molecule has 114 valence electrons. The summed E-state index contributed by atoms with van der Waals surface area (Å²) in [4.78, 5) is 2.21. The van der Waals surface area contributed by atoms with E-state index in [0.29, 0.717) is 0 Å². The molecule has 1 unspecified atom stereocenters. The zero-order valence-corrected chi connectivity index (χ0v) is 13.3. The summed E-state index contributed by atoms with van der Waals surface area (Å²) < 4.78 is 1.85. The number of rotatable bonds is 5. The Balaban J connectivity index is 2.06. The van der Waals surface area contributed by atoms with Crippen LogP contribution in [-0.2, 0) is 6.54 Å². The molecule has 4 heteroatoms. The second kappa shape index (κ2) is 6.41. The molecule has 21 heavy (non-hydrogen) atoms. The Morgan fingerprint density at radius 2 is 1.90 bits per heavy atom. The molecule has 0 spiro atoms. The maximum absolute atomic E-state index is 9.63. The molecule has 0 bridgehead atoms. The number of aromatic nitrogens is 2. The van der Waals surface area contributed by atoms with Crippen molar-refractivity contribution in [1.82, 2.24) is 14.7 Å². The minimum absolute atomic E-state index is 0.0541. The van der Waals surface area contributed by atoms with Crippen LogP contribution >= 0.6 is 0 Å². The third-order valence-corrected chi connectivity index (χ3v) is 3.84. The molecular formula is C17H25N3O. The normalized spacial score (nSPS) is 13.6.